The predicted molar refractivity (Wildman–Crippen MR) is 95.5 cm³/mol. The topological polar surface area (TPSA) is 74.8 Å². The van der Waals surface area contributed by atoms with E-state index in [4.69, 9.17) is 0 Å². The van der Waals surface area contributed by atoms with Crippen molar-refractivity contribution >= 4 is 33.9 Å². The molecule has 0 aliphatic carbocycles. The van der Waals surface area contributed by atoms with E-state index in [1.807, 2.05) is 29.6 Å². The Morgan fingerprint density at radius 3 is 2.83 bits per heavy atom. The van der Waals surface area contributed by atoms with Crippen molar-refractivity contribution in [2.75, 3.05) is 6.54 Å². The van der Waals surface area contributed by atoms with Gasteiger partial charge in [-0.1, -0.05) is 32.0 Å². The molecule has 0 radical (unpaired) electrons. The molecule has 0 atom stereocenters. The minimum atomic E-state index is -0.583. The highest BCUT2D eigenvalue weighted by molar-refractivity contribution is 7.09. The number of aromatic amines is 1. The van der Waals surface area contributed by atoms with E-state index in [-0.39, 0.29) is 0 Å². The lowest BCUT2D eigenvalue weighted by atomic mass is 10.1. The van der Waals surface area contributed by atoms with Crippen LogP contribution in [0.1, 0.15) is 40.8 Å². The second-order valence-electron chi connectivity index (χ2n) is 5.90. The molecule has 0 spiro atoms. The van der Waals surface area contributed by atoms with Crippen LogP contribution in [0, 0.1) is 0 Å². The highest BCUT2D eigenvalue weighted by Gasteiger charge is 2.19. The minimum absolute atomic E-state index is 0.396. The van der Waals surface area contributed by atoms with Crippen LogP contribution in [0.15, 0.2) is 35.8 Å². The Morgan fingerprint density at radius 2 is 2.08 bits per heavy atom. The average Bonchev–Trinajstić information content (AvgIpc) is 3.21. The second kappa shape index (κ2) is 6.97. The minimum Gasteiger partial charge on any atom is -0.360 e. The number of Topliss-reactive ketones (excluding diaryl/α,β-unsaturated/α-hetero) is 1. The number of nitrogens with one attached hydrogen (secondary N) is 2. The first-order chi connectivity index (χ1) is 11.6. The summed E-state index contributed by atoms with van der Waals surface area (Å²) in [5, 5.41) is 6.46. The molecule has 0 saturated carbocycles. The van der Waals surface area contributed by atoms with Gasteiger partial charge in [-0.15, -0.1) is 11.3 Å². The number of ketones is 1. The number of nitrogens with zero attached hydrogens (tertiary/aromatic N) is 1. The zero-order valence-corrected chi connectivity index (χ0v) is 14.4. The van der Waals surface area contributed by atoms with Crippen molar-refractivity contribution in [1.29, 1.82) is 0 Å². The zero-order valence-electron chi connectivity index (χ0n) is 13.6. The molecule has 1 aromatic carbocycles. The first-order valence-electron chi connectivity index (χ1n) is 7.89. The van der Waals surface area contributed by atoms with E-state index in [0.29, 0.717) is 24.4 Å². The molecular weight excluding hydrogens is 322 g/mol. The standard InChI is InChI=1S/C18H19N3O2S/c1-11(2)15-10-24-16(21-15)7-8-19-18(23)17(22)13-9-20-14-6-4-3-5-12(13)14/h3-6,9-11,20H,7-8H2,1-2H3,(H,19,23). The molecule has 6 heteroatoms. The molecule has 3 aromatic rings. The third kappa shape index (κ3) is 3.38. The van der Waals surface area contributed by atoms with Gasteiger partial charge in [-0.2, -0.15) is 0 Å². The normalized spacial score (nSPS) is 11.1. The van der Waals surface area contributed by atoms with Crippen LogP contribution in [0.4, 0.5) is 0 Å². The lowest BCUT2D eigenvalue weighted by molar-refractivity contribution is -0.116. The van der Waals surface area contributed by atoms with Crippen molar-refractivity contribution in [2.45, 2.75) is 26.2 Å². The van der Waals surface area contributed by atoms with Crippen LogP contribution >= 0.6 is 11.3 Å². The van der Waals surface area contributed by atoms with E-state index in [9.17, 15) is 9.59 Å². The van der Waals surface area contributed by atoms with Gasteiger partial charge in [0.1, 0.15) is 0 Å². The molecule has 24 heavy (non-hydrogen) atoms. The Hall–Kier alpha value is -2.47. The molecule has 0 unspecified atom stereocenters. The predicted octanol–water partition coefficient (Wildman–Crippen LogP) is 3.29. The number of fused-ring (bicyclic) bond motifs is 1. The van der Waals surface area contributed by atoms with Gasteiger partial charge >= 0.3 is 0 Å². The monoisotopic (exact) mass is 341 g/mol. The average molecular weight is 341 g/mol. The number of para-hydroxylation sites is 1. The quantitative estimate of drug-likeness (QED) is 0.534. The lowest BCUT2D eigenvalue weighted by Gasteiger charge is -2.03. The molecular formula is C18H19N3O2S. The molecule has 5 nitrogen and oxygen atoms in total. The summed E-state index contributed by atoms with van der Waals surface area (Å²) in [4.78, 5) is 31.9. The van der Waals surface area contributed by atoms with Crippen molar-refractivity contribution in [2.24, 2.45) is 0 Å². The van der Waals surface area contributed by atoms with E-state index in [0.717, 1.165) is 21.6 Å². The van der Waals surface area contributed by atoms with Gasteiger partial charge in [-0.05, 0) is 12.0 Å². The molecule has 2 heterocycles. The summed E-state index contributed by atoms with van der Waals surface area (Å²) in [7, 11) is 0. The summed E-state index contributed by atoms with van der Waals surface area (Å²) >= 11 is 1.59. The zero-order chi connectivity index (χ0) is 17.1. The maximum atomic E-state index is 12.3. The Kier molecular flexibility index (Phi) is 4.76. The van der Waals surface area contributed by atoms with Gasteiger partial charge in [0, 0.05) is 35.4 Å². The number of carbonyl (C=O) groups is 2. The molecule has 0 bridgehead atoms. The van der Waals surface area contributed by atoms with Crippen molar-refractivity contribution in [3.05, 3.63) is 52.1 Å². The number of aromatic nitrogens is 2. The highest BCUT2D eigenvalue weighted by atomic mass is 32.1. The number of benzene rings is 1. The van der Waals surface area contributed by atoms with E-state index in [1.54, 1.807) is 17.5 Å². The van der Waals surface area contributed by atoms with Gasteiger partial charge in [0.25, 0.3) is 11.7 Å². The van der Waals surface area contributed by atoms with Gasteiger partial charge in [0.15, 0.2) is 0 Å². The van der Waals surface area contributed by atoms with Crippen LogP contribution in [0.25, 0.3) is 10.9 Å². The number of thiazole rings is 1. The van der Waals surface area contributed by atoms with Gasteiger partial charge in [-0.25, -0.2) is 4.98 Å². The fraction of sp³-hybridized carbons (Fsp3) is 0.278. The molecule has 2 aromatic heterocycles. The van der Waals surface area contributed by atoms with Gasteiger partial charge in [-0.3, -0.25) is 9.59 Å². The van der Waals surface area contributed by atoms with Crippen LogP contribution in [-0.4, -0.2) is 28.2 Å². The number of hydrogen-bond acceptors (Lipinski definition) is 4. The summed E-state index contributed by atoms with van der Waals surface area (Å²) in [6, 6.07) is 7.43. The van der Waals surface area contributed by atoms with Crippen LogP contribution < -0.4 is 5.32 Å². The highest BCUT2D eigenvalue weighted by Crippen LogP contribution is 2.19. The summed E-state index contributed by atoms with van der Waals surface area (Å²) in [6.07, 6.45) is 2.21. The number of carbonyl (C=O) groups excluding carboxylic acids is 2. The van der Waals surface area contributed by atoms with Crippen molar-refractivity contribution in [3.8, 4) is 0 Å². The summed E-state index contributed by atoms with van der Waals surface area (Å²) in [5.74, 6) is -0.706. The number of hydrogen-bond donors (Lipinski definition) is 2. The van der Waals surface area contributed by atoms with E-state index in [2.05, 4.69) is 29.1 Å². The second-order valence-corrected chi connectivity index (χ2v) is 6.85. The number of H-pyrrole nitrogens is 1. The van der Waals surface area contributed by atoms with E-state index < -0.39 is 11.7 Å². The Bertz CT molecular complexity index is 879. The summed E-state index contributed by atoms with van der Waals surface area (Å²) < 4.78 is 0. The third-order valence-corrected chi connectivity index (χ3v) is 4.75. The smallest absolute Gasteiger partial charge is 0.292 e. The van der Waals surface area contributed by atoms with E-state index >= 15 is 0 Å². The third-order valence-electron chi connectivity index (χ3n) is 3.83. The largest absolute Gasteiger partial charge is 0.360 e. The lowest BCUT2D eigenvalue weighted by Crippen LogP contribution is -2.32. The van der Waals surface area contributed by atoms with Crippen molar-refractivity contribution in [1.82, 2.24) is 15.3 Å². The first kappa shape index (κ1) is 16.4. The van der Waals surface area contributed by atoms with Crippen LogP contribution in [-0.2, 0) is 11.2 Å². The van der Waals surface area contributed by atoms with Crippen LogP contribution in [0.5, 0.6) is 0 Å². The maximum absolute atomic E-state index is 12.3. The maximum Gasteiger partial charge on any atom is 0.292 e. The Labute approximate surface area is 144 Å². The molecule has 1 amide bonds. The van der Waals surface area contributed by atoms with Crippen molar-refractivity contribution < 1.29 is 9.59 Å². The first-order valence-corrected chi connectivity index (χ1v) is 8.77. The summed E-state index contributed by atoms with van der Waals surface area (Å²) in [5.41, 5.74) is 2.31. The van der Waals surface area contributed by atoms with Crippen molar-refractivity contribution in [3.63, 3.8) is 0 Å². The van der Waals surface area contributed by atoms with Crippen LogP contribution in [0.3, 0.4) is 0 Å². The molecule has 0 aliphatic rings. The van der Waals surface area contributed by atoms with Gasteiger partial charge < -0.3 is 10.3 Å². The SMILES string of the molecule is CC(C)c1csc(CCNC(=O)C(=O)c2c[nH]c3ccccc23)n1. The summed E-state index contributed by atoms with van der Waals surface area (Å²) in [6.45, 7) is 4.60. The fourth-order valence-corrected chi connectivity index (χ4v) is 3.41. The number of amides is 1. The molecule has 2 N–H and O–H groups in total. The molecule has 0 aliphatic heterocycles. The molecule has 0 saturated heterocycles. The molecule has 124 valence electrons. The Morgan fingerprint density at radius 1 is 1.29 bits per heavy atom. The molecule has 0 fully saturated rings. The van der Waals surface area contributed by atoms with E-state index in [1.165, 1.54) is 0 Å². The number of rotatable bonds is 6. The molecule has 3 rings (SSSR count). The van der Waals surface area contributed by atoms with Crippen LogP contribution in [0.2, 0.25) is 0 Å². The van der Waals surface area contributed by atoms with Gasteiger partial charge in [0.2, 0.25) is 0 Å². The van der Waals surface area contributed by atoms with Gasteiger partial charge in [0.05, 0.1) is 16.3 Å². The fourth-order valence-electron chi connectivity index (χ4n) is 2.45. The Balaban J connectivity index is 1.59.